The summed E-state index contributed by atoms with van der Waals surface area (Å²) in [5, 5.41) is 19.6. The average Bonchev–Trinajstić information content (AvgIpc) is 2.75. The van der Waals surface area contributed by atoms with Crippen molar-refractivity contribution in [3.63, 3.8) is 0 Å². The first-order valence-electron chi connectivity index (χ1n) is 4.88. The molecule has 2 aromatic rings. The second-order valence-corrected chi connectivity index (χ2v) is 3.28. The number of hydrogen-bond donors (Lipinski definition) is 1. The number of fused-ring (bicyclic) bond motifs is 1. The fourth-order valence-electron chi connectivity index (χ4n) is 1.47. The van der Waals surface area contributed by atoms with Crippen LogP contribution in [0.2, 0.25) is 0 Å². The largest absolute Gasteiger partial charge is 0.395 e. The Bertz CT molecular complexity index is 490. The lowest BCUT2D eigenvalue weighted by molar-refractivity contribution is 0.152. The van der Waals surface area contributed by atoms with Gasteiger partial charge in [0.1, 0.15) is 0 Å². The minimum absolute atomic E-state index is 0.0605. The highest BCUT2D eigenvalue weighted by Crippen LogP contribution is 2.13. The van der Waals surface area contributed by atoms with E-state index in [9.17, 15) is 8.78 Å². The summed E-state index contributed by atoms with van der Waals surface area (Å²) in [5.41, 5.74) is 0.361. The number of anilines is 1. The summed E-state index contributed by atoms with van der Waals surface area (Å²) in [6, 6.07) is 0. The van der Waals surface area contributed by atoms with Gasteiger partial charge in [-0.2, -0.15) is 4.52 Å². The molecular weight excluding hydrogens is 234 g/mol. The molecule has 7 nitrogen and oxygen atoms in total. The highest BCUT2D eigenvalue weighted by atomic mass is 19.3. The molecule has 0 aliphatic carbocycles. The molecule has 17 heavy (non-hydrogen) atoms. The van der Waals surface area contributed by atoms with E-state index in [4.69, 9.17) is 5.11 Å². The molecule has 92 valence electrons. The maximum absolute atomic E-state index is 12.4. The highest BCUT2D eigenvalue weighted by molar-refractivity contribution is 5.45. The van der Waals surface area contributed by atoms with Crippen LogP contribution in [0.3, 0.4) is 0 Å². The molecular formula is C8H10F2N6O. The quantitative estimate of drug-likeness (QED) is 0.769. The summed E-state index contributed by atoms with van der Waals surface area (Å²) >= 11 is 0. The van der Waals surface area contributed by atoms with Crippen molar-refractivity contribution in [2.45, 2.75) is 6.43 Å². The number of aromatic nitrogens is 5. The lowest BCUT2D eigenvalue weighted by Gasteiger charge is -2.22. The van der Waals surface area contributed by atoms with E-state index >= 15 is 0 Å². The van der Waals surface area contributed by atoms with Crippen LogP contribution in [-0.2, 0) is 0 Å². The Kier molecular flexibility index (Phi) is 3.38. The molecule has 0 amide bonds. The van der Waals surface area contributed by atoms with E-state index in [0.717, 1.165) is 0 Å². The zero-order valence-corrected chi connectivity index (χ0v) is 8.74. The molecule has 9 heteroatoms. The Labute approximate surface area is 94.7 Å². The number of nitrogens with zero attached hydrogens (tertiary/aromatic N) is 6. The summed E-state index contributed by atoms with van der Waals surface area (Å²) in [4.78, 5) is 5.14. The van der Waals surface area contributed by atoms with Crippen LogP contribution in [0.1, 0.15) is 0 Å². The van der Waals surface area contributed by atoms with E-state index in [-0.39, 0.29) is 13.2 Å². The van der Waals surface area contributed by atoms with E-state index in [1.165, 1.54) is 21.8 Å². The third-order valence-corrected chi connectivity index (χ3v) is 2.14. The van der Waals surface area contributed by atoms with E-state index in [1.54, 1.807) is 0 Å². The highest BCUT2D eigenvalue weighted by Gasteiger charge is 2.16. The molecule has 0 aromatic carbocycles. The predicted octanol–water partition coefficient (Wildman–Crippen LogP) is -0.417. The Morgan fingerprint density at radius 2 is 2.24 bits per heavy atom. The fourth-order valence-corrected chi connectivity index (χ4v) is 1.47. The van der Waals surface area contributed by atoms with Gasteiger partial charge >= 0.3 is 0 Å². The topological polar surface area (TPSA) is 79.4 Å². The van der Waals surface area contributed by atoms with Crippen molar-refractivity contribution in [2.75, 3.05) is 24.6 Å². The summed E-state index contributed by atoms with van der Waals surface area (Å²) < 4.78 is 26.1. The van der Waals surface area contributed by atoms with Gasteiger partial charge in [0, 0.05) is 6.54 Å². The molecule has 0 fully saturated rings. The van der Waals surface area contributed by atoms with Gasteiger partial charge in [-0.25, -0.2) is 8.78 Å². The third-order valence-electron chi connectivity index (χ3n) is 2.14. The Morgan fingerprint density at radius 1 is 1.41 bits per heavy atom. The number of hydrogen-bond acceptors (Lipinski definition) is 6. The van der Waals surface area contributed by atoms with Crippen molar-refractivity contribution < 1.29 is 13.9 Å². The number of tetrazole rings is 1. The van der Waals surface area contributed by atoms with E-state index in [1.807, 2.05) is 0 Å². The molecule has 2 heterocycles. The van der Waals surface area contributed by atoms with Gasteiger partial charge in [0.2, 0.25) is 0 Å². The van der Waals surface area contributed by atoms with Crippen molar-refractivity contribution in [1.82, 2.24) is 25.0 Å². The van der Waals surface area contributed by atoms with Gasteiger partial charge in [-0.05, 0) is 10.4 Å². The van der Waals surface area contributed by atoms with Gasteiger partial charge < -0.3 is 10.0 Å². The van der Waals surface area contributed by atoms with Gasteiger partial charge in [0.15, 0.2) is 11.5 Å². The summed E-state index contributed by atoms with van der Waals surface area (Å²) in [5.74, 6) is 0.321. The van der Waals surface area contributed by atoms with Crippen molar-refractivity contribution in [3.8, 4) is 0 Å². The normalized spacial score (nSPS) is 11.3. The van der Waals surface area contributed by atoms with Crippen LogP contribution in [0.5, 0.6) is 0 Å². The maximum Gasteiger partial charge on any atom is 0.255 e. The van der Waals surface area contributed by atoms with E-state index in [2.05, 4.69) is 20.5 Å². The maximum atomic E-state index is 12.4. The molecule has 0 spiro atoms. The monoisotopic (exact) mass is 244 g/mol. The number of aliphatic hydroxyl groups is 1. The van der Waals surface area contributed by atoms with Crippen molar-refractivity contribution >= 4 is 11.5 Å². The first-order valence-corrected chi connectivity index (χ1v) is 4.88. The van der Waals surface area contributed by atoms with Crippen LogP contribution in [0.4, 0.5) is 14.6 Å². The molecule has 2 rings (SSSR count). The zero-order chi connectivity index (χ0) is 12.3. The first kappa shape index (κ1) is 11.6. The molecule has 1 N–H and O–H groups in total. The molecule has 0 saturated heterocycles. The molecule has 0 bridgehead atoms. The van der Waals surface area contributed by atoms with E-state index < -0.39 is 13.0 Å². The molecule has 0 aliphatic heterocycles. The SMILES string of the molecule is OCCN(CC(F)F)c1cncc2nnnn12. The van der Waals surface area contributed by atoms with Gasteiger partial charge in [0.05, 0.1) is 25.5 Å². The Morgan fingerprint density at radius 3 is 2.94 bits per heavy atom. The molecule has 0 atom stereocenters. The summed E-state index contributed by atoms with van der Waals surface area (Å²) in [7, 11) is 0. The number of rotatable bonds is 5. The summed E-state index contributed by atoms with van der Waals surface area (Å²) in [6.07, 6.45) is 0.276. The minimum Gasteiger partial charge on any atom is -0.395 e. The van der Waals surface area contributed by atoms with Gasteiger partial charge in [0.25, 0.3) is 6.43 Å². The second-order valence-electron chi connectivity index (χ2n) is 3.28. The van der Waals surface area contributed by atoms with Crippen molar-refractivity contribution in [1.29, 1.82) is 0 Å². The van der Waals surface area contributed by atoms with Crippen LogP contribution >= 0.6 is 0 Å². The lowest BCUT2D eigenvalue weighted by atomic mass is 10.4. The molecule has 0 aliphatic rings. The zero-order valence-electron chi connectivity index (χ0n) is 8.74. The van der Waals surface area contributed by atoms with Crippen LogP contribution in [0.25, 0.3) is 5.65 Å². The van der Waals surface area contributed by atoms with Crippen LogP contribution in [-0.4, -0.2) is 56.3 Å². The Balaban J connectivity index is 2.36. The molecule has 0 unspecified atom stereocenters. The second kappa shape index (κ2) is 4.95. The number of aliphatic hydroxyl groups excluding tert-OH is 1. The van der Waals surface area contributed by atoms with Gasteiger partial charge in [-0.1, -0.05) is 0 Å². The third kappa shape index (κ3) is 2.44. The molecule has 0 saturated carbocycles. The van der Waals surface area contributed by atoms with Crippen LogP contribution in [0, 0.1) is 0 Å². The fraction of sp³-hybridized carbons (Fsp3) is 0.500. The van der Waals surface area contributed by atoms with Gasteiger partial charge in [-0.15, -0.1) is 5.10 Å². The van der Waals surface area contributed by atoms with Crippen LogP contribution in [0.15, 0.2) is 12.4 Å². The Hall–Kier alpha value is -1.90. The molecule has 2 aromatic heterocycles. The number of halogens is 2. The minimum atomic E-state index is -2.52. The predicted molar refractivity (Wildman–Crippen MR) is 53.9 cm³/mol. The first-order chi connectivity index (χ1) is 8.22. The summed E-state index contributed by atoms with van der Waals surface area (Å²) in [6.45, 7) is -0.697. The van der Waals surface area contributed by atoms with Crippen LogP contribution < -0.4 is 4.90 Å². The average molecular weight is 244 g/mol. The lowest BCUT2D eigenvalue weighted by Crippen LogP contribution is -2.33. The van der Waals surface area contributed by atoms with E-state index in [0.29, 0.717) is 11.5 Å². The molecule has 0 radical (unpaired) electrons. The number of alkyl halides is 2. The smallest absolute Gasteiger partial charge is 0.255 e. The van der Waals surface area contributed by atoms with Crippen molar-refractivity contribution in [2.24, 2.45) is 0 Å². The standard InChI is InChI=1S/C8H10F2N6O/c9-6(10)5-15(1-2-17)8-4-11-3-7-12-13-14-16(7)8/h3-4,6,17H,1-2,5H2. The van der Waals surface area contributed by atoms with Crippen molar-refractivity contribution in [3.05, 3.63) is 12.4 Å². The van der Waals surface area contributed by atoms with Gasteiger partial charge in [-0.3, -0.25) is 4.98 Å².